The number of hydrogen-bond donors (Lipinski definition) is 3. The standard InChI is InChI=1S/C32H32F4O7/c1-31(2,40)27(37)16-42-20-6-3-17(4-7-20)29-23-9-5-18(30(23)25(33)13-24(29)32(34,35)36)14-41-21-8-10-22-19(11-28(38)39)15-43-26(22)12-21/h3-4,6-8,10,12-13,18-19,27,37,40H,5,9,11,14-16H2,1-2H3,(H,38,39)/t18-,19+,27-/m0/s1. The summed E-state index contributed by atoms with van der Waals surface area (Å²) in [6.07, 6.45) is -5.43. The van der Waals surface area contributed by atoms with Gasteiger partial charge in [0.15, 0.2) is 0 Å². The Morgan fingerprint density at radius 1 is 1.05 bits per heavy atom. The van der Waals surface area contributed by atoms with Gasteiger partial charge in [-0.1, -0.05) is 18.2 Å². The lowest BCUT2D eigenvalue weighted by molar-refractivity contribution is -0.138. The lowest BCUT2D eigenvalue weighted by Gasteiger charge is -2.24. The smallest absolute Gasteiger partial charge is 0.417 e. The van der Waals surface area contributed by atoms with Crippen LogP contribution in [0.4, 0.5) is 17.6 Å². The van der Waals surface area contributed by atoms with Gasteiger partial charge in [-0.2, -0.15) is 13.2 Å². The average molecular weight is 605 g/mol. The quantitative estimate of drug-likeness (QED) is 0.241. The van der Waals surface area contributed by atoms with Crippen molar-refractivity contribution >= 4 is 5.97 Å². The van der Waals surface area contributed by atoms with E-state index in [1.165, 1.54) is 38.1 Å². The van der Waals surface area contributed by atoms with E-state index in [4.69, 9.17) is 19.3 Å². The second kappa shape index (κ2) is 11.7. The van der Waals surface area contributed by atoms with Gasteiger partial charge in [-0.3, -0.25) is 4.79 Å². The number of alkyl halides is 3. The van der Waals surface area contributed by atoms with Gasteiger partial charge in [0, 0.05) is 23.5 Å². The summed E-state index contributed by atoms with van der Waals surface area (Å²) < 4.78 is 74.8. The molecular formula is C32H32F4O7. The number of aliphatic hydroxyl groups excluding tert-OH is 1. The normalized spacial score (nSPS) is 18.5. The minimum Gasteiger partial charge on any atom is -0.493 e. The molecule has 43 heavy (non-hydrogen) atoms. The van der Waals surface area contributed by atoms with Crippen molar-refractivity contribution < 1.29 is 51.9 Å². The monoisotopic (exact) mass is 604 g/mol. The van der Waals surface area contributed by atoms with E-state index < -0.39 is 41.1 Å². The molecule has 0 spiro atoms. The number of carbonyl (C=O) groups is 1. The molecule has 5 rings (SSSR count). The lowest BCUT2D eigenvalue weighted by Crippen LogP contribution is -2.40. The van der Waals surface area contributed by atoms with E-state index in [2.05, 4.69) is 0 Å². The fraction of sp³-hybridized carbons (Fsp3) is 0.406. The van der Waals surface area contributed by atoms with E-state index in [0.29, 0.717) is 29.7 Å². The Morgan fingerprint density at radius 2 is 1.74 bits per heavy atom. The maximum Gasteiger partial charge on any atom is 0.417 e. The van der Waals surface area contributed by atoms with Gasteiger partial charge < -0.3 is 29.5 Å². The van der Waals surface area contributed by atoms with Crippen LogP contribution in [0.25, 0.3) is 11.1 Å². The molecule has 0 bridgehead atoms. The van der Waals surface area contributed by atoms with Gasteiger partial charge in [-0.15, -0.1) is 0 Å². The first-order valence-corrected chi connectivity index (χ1v) is 13.9. The second-order valence-electron chi connectivity index (χ2n) is 11.5. The number of benzene rings is 3. The number of carboxylic acids is 1. The van der Waals surface area contributed by atoms with E-state index in [1.807, 2.05) is 0 Å². The molecular weight excluding hydrogens is 572 g/mol. The zero-order valence-corrected chi connectivity index (χ0v) is 23.6. The predicted octanol–water partition coefficient (Wildman–Crippen LogP) is 6.08. The highest BCUT2D eigenvalue weighted by atomic mass is 19.4. The van der Waals surface area contributed by atoms with Crippen molar-refractivity contribution in [2.75, 3.05) is 19.8 Å². The molecule has 230 valence electrons. The predicted molar refractivity (Wildman–Crippen MR) is 148 cm³/mol. The molecule has 1 aliphatic heterocycles. The fourth-order valence-electron chi connectivity index (χ4n) is 5.62. The summed E-state index contributed by atoms with van der Waals surface area (Å²) in [6.45, 7) is 2.91. The molecule has 7 nitrogen and oxygen atoms in total. The van der Waals surface area contributed by atoms with E-state index in [0.717, 1.165) is 5.56 Å². The van der Waals surface area contributed by atoms with Gasteiger partial charge in [-0.25, -0.2) is 4.39 Å². The Bertz CT molecular complexity index is 1500. The van der Waals surface area contributed by atoms with Crippen LogP contribution >= 0.6 is 0 Å². The molecule has 0 fully saturated rings. The number of rotatable bonds is 10. The molecule has 1 aliphatic carbocycles. The van der Waals surface area contributed by atoms with Gasteiger partial charge >= 0.3 is 12.1 Å². The van der Waals surface area contributed by atoms with Crippen molar-refractivity contribution in [2.45, 2.75) is 62.8 Å². The van der Waals surface area contributed by atoms with Crippen LogP contribution in [0.1, 0.15) is 60.8 Å². The molecule has 11 heteroatoms. The number of aliphatic hydroxyl groups is 2. The van der Waals surface area contributed by atoms with Crippen molar-refractivity contribution in [2.24, 2.45) is 0 Å². The van der Waals surface area contributed by atoms with Crippen LogP contribution in [0.5, 0.6) is 17.2 Å². The summed E-state index contributed by atoms with van der Waals surface area (Å²) in [7, 11) is 0. The van der Waals surface area contributed by atoms with Crippen LogP contribution in [-0.4, -0.2) is 52.8 Å². The maximum atomic E-state index is 15.3. The van der Waals surface area contributed by atoms with Crippen LogP contribution in [0.2, 0.25) is 0 Å². The summed E-state index contributed by atoms with van der Waals surface area (Å²) >= 11 is 0. The average Bonchev–Trinajstić information content (AvgIpc) is 3.54. The van der Waals surface area contributed by atoms with Crippen LogP contribution in [0.3, 0.4) is 0 Å². The molecule has 0 aromatic heterocycles. The van der Waals surface area contributed by atoms with Crippen molar-refractivity contribution in [3.8, 4) is 28.4 Å². The summed E-state index contributed by atoms with van der Waals surface area (Å²) in [4.78, 5) is 11.1. The summed E-state index contributed by atoms with van der Waals surface area (Å²) in [5.74, 6) is -1.39. The number of ether oxygens (including phenoxy) is 3. The molecule has 1 heterocycles. The Morgan fingerprint density at radius 3 is 2.40 bits per heavy atom. The van der Waals surface area contributed by atoms with Gasteiger partial charge in [-0.05, 0) is 73.2 Å². The van der Waals surface area contributed by atoms with Crippen LogP contribution in [0.15, 0.2) is 48.5 Å². The Hall–Kier alpha value is -3.83. The zero-order chi connectivity index (χ0) is 31.1. The third-order valence-corrected chi connectivity index (χ3v) is 7.98. The fourth-order valence-corrected chi connectivity index (χ4v) is 5.62. The van der Waals surface area contributed by atoms with Gasteiger partial charge in [0.25, 0.3) is 0 Å². The molecule has 0 amide bonds. The first kappa shape index (κ1) is 30.6. The Balaban J connectivity index is 1.38. The van der Waals surface area contributed by atoms with Crippen molar-refractivity contribution in [3.05, 3.63) is 76.6 Å². The maximum absolute atomic E-state index is 15.3. The number of fused-ring (bicyclic) bond motifs is 2. The topological polar surface area (TPSA) is 105 Å². The highest BCUT2D eigenvalue weighted by Gasteiger charge is 2.40. The number of halogens is 4. The molecule has 0 saturated heterocycles. The van der Waals surface area contributed by atoms with Gasteiger partial charge in [0.05, 0.1) is 30.8 Å². The van der Waals surface area contributed by atoms with Crippen molar-refractivity contribution in [3.63, 3.8) is 0 Å². The van der Waals surface area contributed by atoms with Crippen LogP contribution in [-0.2, 0) is 17.4 Å². The Labute approximate surface area is 245 Å². The van der Waals surface area contributed by atoms with Gasteiger partial charge in [0.2, 0.25) is 0 Å². The summed E-state index contributed by atoms with van der Waals surface area (Å²) in [6, 6.07) is 11.5. The van der Waals surface area contributed by atoms with E-state index >= 15 is 4.39 Å². The van der Waals surface area contributed by atoms with Crippen LogP contribution < -0.4 is 14.2 Å². The molecule has 0 radical (unpaired) electrons. The third kappa shape index (κ3) is 6.57. The highest BCUT2D eigenvalue weighted by molar-refractivity contribution is 5.75. The minimum absolute atomic E-state index is 0.0301. The summed E-state index contributed by atoms with van der Waals surface area (Å²) in [5, 5.41) is 29.0. The van der Waals surface area contributed by atoms with E-state index in [-0.39, 0.29) is 60.8 Å². The highest BCUT2D eigenvalue weighted by Crippen LogP contribution is 2.47. The van der Waals surface area contributed by atoms with Crippen molar-refractivity contribution in [1.82, 2.24) is 0 Å². The largest absolute Gasteiger partial charge is 0.493 e. The number of carboxylic acid groups (broad SMARTS) is 1. The van der Waals surface area contributed by atoms with Gasteiger partial charge in [0.1, 0.15) is 35.8 Å². The molecule has 3 aromatic rings. The van der Waals surface area contributed by atoms with E-state index in [9.17, 15) is 28.2 Å². The zero-order valence-electron chi connectivity index (χ0n) is 23.6. The van der Waals surface area contributed by atoms with Crippen LogP contribution in [0, 0.1) is 5.82 Å². The number of hydrogen-bond acceptors (Lipinski definition) is 6. The molecule has 2 aliphatic rings. The minimum atomic E-state index is -4.80. The first-order chi connectivity index (χ1) is 20.2. The van der Waals surface area contributed by atoms with Crippen molar-refractivity contribution in [1.29, 1.82) is 0 Å². The number of aliphatic carboxylic acids is 1. The summed E-state index contributed by atoms with van der Waals surface area (Å²) in [5.41, 5.74) is -1.08. The second-order valence-corrected chi connectivity index (χ2v) is 11.5. The molecule has 0 saturated carbocycles. The molecule has 3 N–H and O–H groups in total. The lowest BCUT2D eigenvalue weighted by atomic mass is 9.89. The molecule has 0 unspecified atom stereocenters. The Kier molecular flexibility index (Phi) is 8.32. The van der Waals surface area contributed by atoms with E-state index in [1.54, 1.807) is 18.2 Å². The SMILES string of the molecule is CC(C)(O)[C@@H](O)COc1ccc(-c2c(C(F)(F)F)cc(F)c3c2CC[C@H]3COc2ccc3c(c2)OC[C@H]3CC(=O)O)cc1. The molecule has 3 atom stereocenters. The first-order valence-electron chi connectivity index (χ1n) is 13.9. The molecule has 3 aromatic carbocycles. The third-order valence-electron chi connectivity index (χ3n) is 7.98.